The molecule has 1 unspecified atom stereocenters. The van der Waals surface area contributed by atoms with Gasteiger partial charge in [-0.15, -0.1) is 0 Å². The second-order valence-electron chi connectivity index (χ2n) is 5.54. The summed E-state index contributed by atoms with van der Waals surface area (Å²) in [5.41, 5.74) is 1.14. The van der Waals surface area contributed by atoms with Gasteiger partial charge in [-0.2, -0.15) is 0 Å². The Balaban J connectivity index is 1.89. The van der Waals surface area contributed by atoms with Crippen molar-refractivity contribution in [1.82, 2.24) is 5.32 Å². The van der Waals surface area contributed by atoms with Gasteiger partial charge in [0.25, 0.3) is 0 Å². The lowest BCUT2D eigenvalue weighted by Crippen LogP contribution is -2.36. The molecule has 1 aromatic carbocycles. The van der Waals surface area contributed by atoms with Crippen LogP contribution in [0.5, 0.6) is 0 Å². The second kappa shape index (κ2) is 7.39. The van der Waals surface area contributed by atoms with Crippen molar-refractivity contribution in [3.05, 3.63) is 34.1 Å². The van der Waals surface area contributed by atoms with Gasteiger partial charge in [-0.3, -0.25) is 0 Å². The summed E-state index contributed by atoms with van der Waals surface area (Å²) in [4.78, 5) is 0. The average molecular weight is 328 g/mol. The van der Waals surface area contributed by atoms with Crippen LogP contribution in [0, 0.1) is 11.7 Å². The average Bonchev–Trinajstić information content (AvgIpc) is 2.44. The molecular formula is C16H23BrFN. The van der Waals surface area contributed by atoms with Crippen molar-refractivity contribution in [2.24, 2.45) is 5.92 Å². The van der Waals surface area contributed by atoms with E-state index in [2.05, 4.69) is 28.2 Å². The maximum atomic E-state index is 13.2. The van der Waals surface area contributed by atoms with E-state index in [1.54, 1.807) is 0 Å². The number of hydrogen-bond donors (Lipinski definition) is 1. The van der Waals surface area contributed by atoms with Crippen LogP contribution in [-0.4, -0.2) is 6.04 Å². The Labute approximate surface area is 124 Å². The van der Waals surface area contributed by atoms with Crippen LogP contribution >= 0.6 is 15.9 Å². The minimum absolute atomic E-state index is 0.192. The molecule has 19 heavy (non-hydrogen) atoms. The Hall–Kier alpha value is -0.410. The summed E-state index contributed by atoms with van der Waals surface area (Å²) in [5, 5.41) is 3.66. The van der Waals surface area contributed by atoms with Crippen molar-refractivity contribution >= 4 is 15.9 Å². The topological polar surface area (TPSA) is 12.0 Å². The van der Waals surface area contributed by atoms with Gasteiger partial charge in [0.15, 0.2) is 0 Å². The van der Waals surface area contributed by atoms with Crippen molar-refractivity contribution in [2.45, 2.75) is 58.0 Å². The molecule has 0 spiro atoms. The third-order valence-electron chi connectivity index (χ3n) is 4.21. The quantitative estimate of drug-likeness (QED) is 0.799. The molecular weight excluding hydrogens is 305 g/mol. The number of benzene rings is 1. The van der Waals surface area contributed by atoms with Crippen LogP contribution < -0.4 is 5.32 Å². The Morgan fingerprint density at radius 1 is 1.32 bits per heavy atom. The molecule has 1 aliphatic rings. The first-order valence-corrected chi connectivity index (χ1v) is 8.17. The lowest BCUT2D eigenvalue weighted by Gasteiger charge is -2.30. The molecule has 1 fully saturated rings. The van der Waals surface area contributed by atoms with Crippen molar-refractivity contribution in [3.8, 4) is 0 Å². The third kappa shape index (κ3) is 4.28. The van der Waals surface area contributed by atoms with E-state index in [1.807, 2.05) is 12.1 Å². The fourth-order valence-corrected chi connectivity index (χ4v) is 3.51. The standard InChI is InChI=1S/C16H23BrFN/c1-2-16(13-6-4-3-5-7-13)19-11-12-8-9-15(18)14(17)10-12/h8-10,13,16,19H,2-7,11H2,1H3. The zero-order valence-electron chi connectivity index (χ0n) is 11.6. The van der Waals surface area contributed by atoms with Crippen molar-refractivity contribution < 1.29 is 4.39 Å². The van der Waals surface area contributed by atoms with Crippen LogP contribution in [-0.2, 0) is 6.54 Å². The number of nitrogens with one attached hydrogen (secondary N) is 1. The molecule has 3 heteroatoms. The largest absolute Gasteiger partial charge is 0.310 e. The molecule has 0 heterocycles. The summed E-state index contributed by atoms with van der Waals surface area (Å²) in [6.45, 7) is 3.08. The Morgan fingerprint density at radius 3 is 2.68 bits per heavy atom. The predicted molar refractivity (Wildman–Crippen MR) is 81.6 cm³/mol. The number of rotatable bonds is 5. The first-order chi connectivity index (χ1) is 9.20. The molecule has 0 aromatic heterocycles. The summed E-state index contributed by atoms with van der Waals surface area (Å²) in [6.07, 6.45) is 8.05. The highest BCUT2D eigenvalue weighted by molar-refractivity contribution is 9.10. The normalized spacial score (nSPS) is 18.5. The second-order valence-corrected chi connectivity index (χ2v) is 6.40. The van der Waals surface area contributed by atoms with Crippen LogP contribution in [0.4, 0.5) is 4.39 Å². The van der Waals surface area contributed by atoms with E-state index in [4.69, 9.17) is 0 Å². The summed E-state index contributed by atoms with van der Waals surface area (Å²) in [5.74, 6) is 0.630. The molecule has 1 nitrogen and oxygen atoms in total. The van der Waals surface area contributed by atoms with Crippen molar-refractivity contribution in [2.75, 3.05) is 0 Å². The van der Waals surface area contributed by atoms with Crippen LogP contribution in [0.3, 0.4) is 0 Å². The highest BCUT2D eigenvalue weighted by Gasteiger charge is 2.21. The van der Waals surface area contributed by atoms with E-state index in [0.717, 1.165) is 18.0 Å². The fraction of sp³-hybridized carbons (Fsp3) is 0.625. The first-order valence-electron chi connectivity index (χ1n) is 7.38. The van der Waals surface area contributed by atoms with Crippen LogP contribution in [0.25, 0.3) is 0 Å². The van der Waals surface area contributed by atoms with Gasteiger partial charge in [0.1, 0.15) is 5.82 Å². The molecule has 0 bridgehead atoms. The molecule has 1 atom stereocenters. The zero-order chi connectivity index (χ0) is 13.7. The monoisotopic (exact) mass is 327 g/mol. The van der Waals surface area contributed by atoms with E-state index < -0.39 is 0 Å². The summed E-state index contributed by atoms with van der Waals surface area (Å²) < 4.78 is 13.7. The van der Waals surface area contributed by atoms with Gasteiger partial charge < -0.3 is 5.32 Å². The highest BCUT2D eigenvalue weighted by atomic mass is 79.9. The number of halogens is 2. The molecule has 0 aliphatic heterocycles. The lowest BCUT2D eigenvalue weighted by atomic mass is 9.83. The molecule has 1 aromatic rings. The van der Waals surface area contributed by atoms with Crippen molar-refractivity contribution in [1.29, 1.82) is 0 Å². The summed E-state index contributed by atoms with van der Waals surface area (Å²) in [6, 6.07) is 5.86. The van der Waals surface area contributed by atoms with E-state index in [9.17, 15) is 4.39 Å². The van der Waals surface area contributed by atoms with Gasteiger partial charge in [-0.25, -0.2) is 4.39 Å². The highest BCUT2D eigenvalue weighted by Crippen LogP contribution is 2.28. The zero-order valence-corrected chi connectivity index (χ0v) is 13.2. The molecule has 106 valence electrons. The maximum absolute atomic E-state index is 13.2. The number of hydrogen-bond acceptors (Lipinski definition) is 1. The summed E-state index contributed by atoms with van der Waals surface area (Å²) in [7, 11) is 0. The third-order valence-corrected chi connectivity index (χ3v) is 4.82. The Morgan fingerprint density at radius 2 is 2.05 bits per heavy atom. The van der Waals surface area contributed by atoms with E-state index in [0.29, 0.717) is 10.5 Å². The van der Waals surface area contributed by atoms with Gasteiger partial charge >= 0.3 is 0 Å². The van der Waals surface area contributed by atoms with Gasteiger partial charge in [-0.05, 0) is 58.8 Å². The Bertz CT molecular complexity index is 402. The smallest absolute Gasteiger partial charge is 0.137 e. The van der Waals surface area contributed by atoms with E-state index >= 15 is 0 Å². The molecule has 0 radical (unpaired) electrons. The molecule has 1 saturated carbocycles. The lowest BCUT2D eigenvalue weighted by molar-refractivity contribution is 0.261. The maximum Gasteiger partial charge on any atom is 0.137 e. The molecule has 2 rings (SSSR count). The molecule has 1 aliphatic carbocycles. The van der Waals surface area contributed by atoms with Gasteiger partial charge in [0, 0.05) is 12.6 Å². The van der Waals surface area contributed by atoms with Crippen LogP contribution in [0.2, 0.25) is 0 Å². The Kier molecular flexibility index (Phi) is 5.83. The summed E-state index contributed by atoms with van der Waals surface area (Å²) >= 11 is 3.24. The van der Waals surface area contributed by atoms with E-state index in [1.165, 1.54) is 44.6 Å². The van der Waals surface area contributed by atoms with Gasteiger partial charge in [0.2, 0.25) is 0 Å². The SMILES string of the molecule is CCC(NCc1ccc(F)c(Br)c1)C1CCCCC1. The van der Waals surface area contributed by atoms with Gasteiger partial charge in [0.05, 0.1) is 4.47 Å². The molecule has 0 saturated heterocycles. The van der Waals surface area contributed by atoms with Crippen molar-refractivity contribution in [3.63, 3.8) is 0 Å². The predicted octanol–water partition coefficient (Wildman–Crippen LogP) is 5.04. The minimum Gasteiger partial charge on any atom is -0.310 e. The van der Waals surface area contributed by atoms with Crippen LogP contribution in [0.1, 0.15) is 51.0 Å². The molecule has 0 amide bonds. The molecule has 1 N–H and O–H groups in total. The van der Waals surface area contributed by atoms with Gasteiger partial charge in [-0.1, -0.05) is 32.3 Å². The van der Waals surface area contributed by atoms with E-state index in [-0.39, 0.29) is 5.82 Å². The first kappa shape index (κ1) is 15.0. The van der Waals surface area contributed by atoms with Crippen LogP contribution in [0.15, 0.2) is 22.7 Å². The minimum atomic E-state index is -0.192. The fourth-order valence-electron chi connectivity index (χ4n) is 3.08.